The number of carbonyl (C=O) groups excluding carboxylic acids is 1. The highest BCUT2D eigenvalue weighted by atomic mass is 32.1. The van der Waals surface area contributed by atoms with Crippen LogP contribution in [0.4, 0.5) is 5.69 Å². The molecule has 1 unspecified atom stereocenters. The van der Waals surface area contributed by atoms with Crippen molar-refractivity contribution in [2.75, 3.05) is 12.4 Å². The Morgan fingerprint density at radius 2 is 1.68 bits per heavy atom. The number of hydrogen-bond donors (Lipinski definition) is 2. The topological polar surface area (TPSA) is 50.4 Å². The minimum Gasteiger partial charge on any atom is -0.467 e. The van der Waals surface area contributed by atoms with Crippen LogP contribution in [0.1, 0.15) is 5.56 Å². The maximum Gasteiger partial charge on any atom is 0.328 e. The standard InChI is InChI=1S/C17H18N2O2S/c1-21-16(20)15(12-13-8-4-2-5-9-13)19-17(22)18-14-10-6-3-7-11-14/h2-11,15H,12H2,1H3,(H2,18,19,22). The van der Waals surface area contributed by atoms with Crippen molar-refractivity contribution in [1.29, 1.82) is 0 Å². The number of thiocarbonyl (C=S) groups is 1. The van der Waals surface area contributed by atoms with Gasteiger partial charge in [-0.25, -0.2) is 4.79 Å². The van der Waals surface area contributed by atoms with Crippen molar-refractivity contribution in [3.8, 4) is 0 Å². The van der Waals surface area contributed by atoms with E-state index in [0.717, 1.165) is 11.3 Å². The largest absolute Gasteiger partial charge is 0.467 e. The SMILES string of the molecule is COC(=O)C(Cc1ccccc1)NC(=S)Nc1ccccc1. The van der Waals surface area contributed by atoms with E-state index in [0.29, 0.717) is 11.5 Å². The molecule has 0 saturated heterocycles. The molecule has 2 aromatic carbocycles. The van der Waals surface area contributed by atoms with Crippen molar-refractivity contribution in [3.63, 3.8) is 0 Å². The molecule has 5 heteroatoms. The van der Waals surface area contributed by atoms with Gasteiger partial charge < -0.3 is 15.4 Å². The number of benzene rings is 2. The molecule has 0 radical (unpaired) electrons. The van der Waals surface area contributed by atoms with Gasteiger partial charge in [0.2, 0.25) is 0 Å². The fourth-order valence-corrected chi connectivity index (χ4v) is 2.29. The molecule has 2 N–H and O–H groups in total. The van der Waals surface area contributed by atoms with Gasteiger partial charge in [-0.15, -0.1) is 0 Å². The molecule has 0 aliphatic carbocycles. The van der Waals surface area contributed by atoms with Crippen LogP contribution in [-0.4, -0.2) is 24.2 Å². The highest BCUT2D eigenvalue weighted by molar-refractivity contribution is 7.80. The van der Waals surface area contributed by atoms with E-state index in [-0.39, 0.29) is 5.97 Å². The first-order valence-corrected chi connectivity index (χ1v) is 7.34. The van der Waals surface area contributed by atoms with E-state index in [4.69, 9.17) is 17.0 Å². The minimum absolute atomic E-state index is 0.346. The fraction of sp³-hybridized carbons (Fsp3) is 0.176. The number of hydrogen-bond acceptors (Lipinski definition) is 3. The predicted molar refractivity (Wildman–Crippen MR) is 91.7 cm³/mol. The van der Waals surface area contributed by atoms with Crippen molar-refractivity contribution < 1.29 is 9.53 Å². The molecule has 114 valence electrons. The second kappa shape index (κ2) is 8.14. The number of esters is 1. The zero-order valence-corrected chi connectivity index (χ0v) is 13.1. The van der Waals surface area contributed by atoms with Crippen LogP contribution in [0.15, 0.2) is 60.7 Å². The summed E-state index contributed by atoms with van der Waals surface area (Å²) in [7, 11) is 1.37. The third-order valence-corrected chi connectivity index (χ3v) is 3.33. The number of ether oxygens (including phenoxy) is 1. The van der Waals surface area contributed by atoms with Gasteiger partial charge in [-0.05, 0) is 29.9 Å². The van der Waals surface area contributed by atoms with Gasteiger partial charge in [0.25, 0.3) is 0 Å². The number of para-hydroxylation sites is 1. The van der Waals surface area contributed by atoms with Crippen LogP contribution in [-0.2, 0) is 16.0 Å². The summed E-state index contributed by atoms with van der Waals surface area (Å²) in [5.74, 6) is -0.346. The Hall–Kier alpha value is -2.40. The maximum atomic E-state index is 11.9. The summed E-state index contributed by atoms with van der Waals surface area (Å²) in [5, 5.41) is 6.45. The van der Waals surface area contributed by atoms with Gasteiger partial charge >= 0.3 is 5.97 Å². The summed E-state index contributed by atoms with van der Waals surface area (Å²) in [6.45, 7) is 0. The lowest BCUT2D eigenvalue weighted by molar-refractivity contribution is -0.142. The van der Waals surface area contributed by atoms with Crippen LogP contribution in [0.5, 0.6) is 0 Å². The zero-order chi connectivity index (χ0) is 15.8. The molecule has 0 aliphatic heterocycles. The lowest BCUT2D eigenvalue weighted by Gasteiger charge is -2.19. The van der Waals surface area contributed by atoms with Gasteiger partial charge in [-0.2, -0.15) is 0 Å². The van der Waals surface area contributed by atoms with Crippen LogP contribution in [0, 0.1) is 0 Å². The van der Waals surface area contributed by atoms with Crippen LogP contribution in [0.25, 0.3) is 0 Å². The molecule has 2 aromatic rings. The zero-order valence-electron chi connectivity index (χ0n) is 12.3. The maximum absolute atomic E-state index is 11.9. The van der Waals surface area contributed by atoms with Crippen LogP contribution in [0.3, 0.4) is 0 Å². The normalized spacial score (nSPS) is 11.3. The Labute approximate surface area is 135 Å². The third-order valence-electron chi connectivity index (χ3n) is 3.11. The van der Waals surface area contributed by atoms with Gasteiger partial charge in [-0.1, -0.05) is 48.5 Å². The van der Waals surface area contributed by atoms with Crippen LogP contribution >= 0.6 is 12.2 Å². The molecular weight excluding hydrogens is 296 g/mol. The minimum atomic E-state index is -0.531. The van der Waals surface area contributed by atoms with E-state index in [1.807, 2.05) is 60.7 Å². The van der Waals surface area contributed by atoms with Crippen LogP contribution < -0.4 is 10.6 Å². The van der Waals surface area contributed by atoms with E-state index in [2.05, 4.69) is 10.6 Å². The van der Waals surface area contributed by atoms with Crippen molar-refractivity contribution in [2.45, 2.75) is 12.5 Å². The summed E-state index contributed by atoms with van der Waals surface area (Å²) in [6, 6.07) is 18.7. The van der Waals surface area contributed by atoms with Crippen molar-refractivity contribution in [1.82, 2.24) is 5.32 Å². The molecule has 2 rings (SSSR count). The van der Waals surface area contributed by atoms with E-state index < -0.39 is 6.04 Å². The predicted octanol–water partition coefficient (Wildman–Crippen LogP) is 2.76. The Kier molecular flexibility index (Phi) is 5.91. The lowest BCUT2D eigenvalue weighted by atomic mass is 10.1. The molecule has 0 spiro atoms. The fourth-order valence-electron chi connectivity index (χ4n) is 2.03. The molecule has 0 amide bonds. The number of carbonyl (C=O) groups is 1. The van der Waals surface area contributed by atoms with Crippen molar-refractivity contribution in [2.24, 2.45) is 0 Å². The Bertz CT molecular complexity index is 617. The van der Waals surface area contributed by atoms with Gasteiger partial charge in [-0.3, -0.25) is 0 Å². The summed E-state index contributed by atoms with van der Waals surface area (Å²) >= 11 is 5.27. The van der Waals surface area contributed by atoms with E-state index in [1.54, 1.807) is 0 Å². The highest BCUT2D eigenvalue weighted by Crippen LogP contribution is 2.07. The third kappa shape index (κ3) is 4.86. The molecule has 0 aliphatic rings. The summed E-state index contributed by atoms with van der Waals surface area (Å²) < 4.78 is 4.85. The summed E-state index contributed by atoms with van der Waals surface area (Å²) in [6.07, 6.45) is 0.504. The molecule has 0 fully saturated rings. The van der Waals surface area contributed by atoms with E-state index in [9.17, 15) is 4.79 Å². The van der Waals surface area contributed by atoms with Gasteiger partial charge in [0.05, 0.1) is 7.11 Å². The van der Waals surface area contributed by atoms with Crippen LogP contribution in [0.2, 0.25) is 0 Å². The monoisotopic (exact) mass is 314 g/mol. The molecule has 0 aromatic heterocycles. The molecule has 4 nitrogen and oxygen atoms in total. The van der Waals surface area contributed by atoms with Crippen molar-refractivity contribution >= 4 is 29.0 Å². The number of methoxy groups -OCH3 is 1. The average molecular weight is 314 g/mol. The first-order chi connectivity index (χ1) is 10.7. The van der Waals surface area contributed by atoms with E-state index >= 15 is 0 Å². The first kappa shape index (κ1) is 16.0. The second-order valence-electron chi connectivity index (χ2n) is 4.73. The molecule has 0 saturated carbocycles. The van der Waals surface area contributed by atoms with Gasteiger partial charge in [0.1, 0.15) is 6.04 Å². The number of rotatable bonds is 5. The highest BCUT2D eigenvalue weighted by Gasteiger charge is 2.20. The molecule has 0 bridgehead atoms. The van der Waals surface area contributed by atoms with Gasteiger partial charge in [0.15, 0.2) is 5.11 Å². The molecular formula is C17H18N2O2S. The first-order valence-electron chi connectivity index (χ1n) is 6.93. The Morgan fingerprint density at radius 1 is 1.09 bits per heavy atom. The Balaban J connectivity index is 2.00. The Morgan fingerprint density at radius 3 is 2.27 bits per heavy atom. The molecule has 1 atom stereocenters. The van der Waals surface area contributed by atoms with Gasteiger partial charge in [0, 0.05) is 12.1 Å². The summed E-state index contributed by atoms with van der Waals surface area (Å²) in [4.78, 5) is 11.9. The number of nitrogens with one attached hydrogen (secondary N) is 2. The van der Waals surface area contributed by atoms with E-state index in [1.165, 1.54) is 7.11 Å². The smallest absolute Gasteiger partial charge is 0.328 e. The molecule has 0 heterocycles. The molecule has 22 heavy (non-hydrogen) atoms. The lowest BCUT2D eigenvalue weighted by Crippen LogP contribution is -2.44. The number of anilines is 1. The second-order valence-corrected chi connectivity index (χ2v) is 5.14. The average Bonchev–Trinajstić information content (AvgIpc) is 2.55. The van der Waals surface area contributed by atoms with Crippen molar-refractivity contribution in [3.05, 3.63) is 66.2 Å². The summed E-state index contributed by atoms with van der Waals surface area (Å²) in [5.41, 5.74) is 1.90. The quantitative estimate of drug-likeness (QED) is 0.656.